The first-order valence-corrected chi connectivity index (χ1v) is 32.6. The molecule has 2 heterocycles. The van der Waals surface area contributed by atoms with E-state index in [2.05, 4.69) is 43.5 Å². The summed E-state index contributed by atoms with van der Waals surface area (Å²) in [6.45, 7) is 2.87. The Morgan fingerprint density at radius 3 is 1.29 bits per heavy atom. The maximum atomic E-state index is 13.3. The standard InChI is InChI=1S/C64H121NO13/c1-3-5-7-9-11-13-15-17-19-21-23-24-25-26-27-28-29-30-31-33-35-37-39-41-43-45-47-53(68)52(65-56(69)48-46-44-42-40-38-36-34-32-22-20-18-16-14-12-10-8-6-4-2)51-75-63-61(74)59(72)62(55(50-67)77-63)78-64-60(73)58(71)57(70)54(49-66)76-64/h14,16,20,22,52-55,57-64,66-68,70-74H,3-13,15,17-19,21,23-51H2,1-2H3,(H,65,69)/b16-14-,22-20-. The second kappa shape index (κ2) is 50.0. The lowest BCUT2D eigenvalue weighted by Gasteiger charge is -2.46. The Morgan fingerprint density at radius 2 is 0.846 bits per heavy atom. The summed E-state index contributed by atoms with van der Waals surface area (Å²) in [4.78, 5) is 13.3. The van der Waals surface area contributed by atoms with Gasteiger partial charge in [0.15, 0.2) is 12.6 Å². The molecule has 12 unspecified atom stereocenters. The Hall–Kier alpha value is -1.53. The lowest BCUT2D eigenvalue weighted by molar-refractivity contribution is -0.359. The summed E-state index contributed by atoms with van der Waals surface area (Å²) < 4.78 is 22.9. The minimum Gasteiger partial charge on any atom is -0.394 e. The van der Waals surface area contributed by atoms with E-state index in [1.54, 1.807) is 0 Å². The van der Waals surface area contributed by atoms with E-state index in [4.69, 9.17) is 18.9 Å². The Bertz CT molecular complexity index is 1400. The number of hydrogen-bond donors (Lipinski definition) is 9. The quantitative estimate of drug-likeness (QED) is 0.0204. The summed E-state index contributed by atoms with van der Waals surface area (Å²) in [7, 11) is 0. The zero-order chi connectivity index (χ0) is 56.7. The van der Waals surface area contributed by atoms with Crippen molar-refractivity contribution < 1.29 is 64.6 Å². The van der Waals surface area contributed by atoms with E-state index in [0.29, 0.717) is 19.3 Å². The van der Waals surface area contributed by atoms with Gasteiger partial charge in [-0.3, -0.25) is 4.79 Å². The van der Waals surface area contributed by atoms with Gasteiger partial charge in [-0.15, -0.1) is 0 Å². The highest BCUT2D eigenvalue weighted by Crippen LogP contribution is 2.30. The molecule has 0 aromatic rings. The molecule has 0 saturated carbocycles. The van der Waals surface area contributed by atoms with Crippen LogP contribution in [-0.4, -0.2) is 140 Å². The number of carbonyl (C=O) groups excluding carboxylic acids is 1. The number of rotatable bonds is 53. The Morgan fingerprint density at radius 1 is 0.462 bits per heavy atom. The second-order valence-corrected chi connectivity index (χ2v) is 23.2. The van der Waals surface area contributed by atoms with Crippen LogP contribution < -0.4 is 5.32 Å². The molecule has 2 fully saturated rings. The number of hydrogen-bond acceptors (Lipinski definition) is 13. The van der Waals surface area contributed by atoms with Gasteiger partial charge >= 0.3 is 0 Å². The number of allylic oxidation sites excluding steroid dienone is 4. The first-order chi connectivity index (χ1) is 38.1. The van der Waals surface area contributed by atoms with Gasteiger partial charge < -0.3 is 65.1 Å². The van der Waals surface area contributed by atoms with E-state index in [9.17, 15) is 45.6 Å². The summed E-state index contributed by atoms with van der Waals surface area (Å²) >= 11 is 0. The van der Waals surface area contributed by atoms with Crippen molar-refractivity contribution in [3.63, 3.8) is 0 Å². The van der Waals surface area contributed by atoms with Crippen LogP contribution in [0.2, 0.25) is 0 Å². The van der Waals surface area contributed by atoms with Crippen LogP contribution in [0.15, 0.2) is 24.3 Å². The van der Waals surface area contributed by atoms with E-state index < -0.39 is 86.8 Å². The first-order valence-electron chi connectivity index (χ1n) is 32.6. The number of carbonyl (C=O) groups is 1. The number of nitrogens with one attached hydrogen (secondary N) is 1. The molecule has 2 rings (SSSR count). The predicted octanol–water partition coefficient (Wildman–Crippen LogP) is 12.0. The van der Waals surface area contributed by atoms with Gasteiger partial charge in [0.1, 0.15) is 48.8 Å². The summed E-state index contributed by atoms with van der Waals surface area (Å²) in [6.07, 6.45) is 43.2. The third-order valence-electron chi connectivity index (χ3n) is 16.2. The molecule has 460 valence electrons. The van der Waals surface area contributed by atoms with Crippen LogP contribution in [0.4, 0.5) is 0 Å². The van der Waals surface area contributed by atoms with Crippen LogP contribution in [0.1, 0.15) is 284 Å². The first kappa shape index (κ1) is 72.6. The lowest BCUT2D eigenvalue weighted by Crippen LogP contribution is -2.65. The van der Waals surface area contributed by atoms with E-state index >= 15 is 0 Å². The predicted molar refractivity (Wildman–Crippen MR) is 314 cm³/mol. The summed E-state index contributed by atoms with van der Waals surface area (Å²) in [5.74, 6) is -0.211. The van der Waals surface area contributed by atoms with Crippen molar-refractivity contribution in [3.05, 3.63) is 24.3 Å². The topological polar surface area (TPSA) is 228 Å². The molecule has 78 heavy (non-hydrogen) atoms. The van der Waals surface area contributed by atoms with Gasteiger partial charge in [-0.1, -0.05) is 256 Å². The third-order valence-corrected chi connectivity index (χ3v) is 16.2. The van der Waals surface area contributed by atoms with Gasteiger partial charge in [-0.05, 0) is 44.9 Å². The maximum Gasteiger partial charge on any atom is 0.220 e. The zero-order valence-corrected chi connectivity index (χ0v) is 49.7. The van der Waals surface area contributed by atoms with E-state index in [0.717, 1.165) is 57.8 Å². The highest BCUT2D eigenvalue weighted by atomic mass is 16.7. The van der Waals surface area contributed by atoms with Crippen LogP contribution in [0.5, 0.6) is 0 Å². The smallest absolute Gasteiger partial charge is 0.220 e. The van der Waals surface area contributed by atoms with Crippen molar-refractivity contribution in [1.82, 2.24) is 5.32 Å². The fraction of sp³-hybridized carbons (Fsp3) is 0.922. The molecule has 0 bridgehead atoms. The normalized spacial score (nSPS) is 24.6. The molecule has 1 amide bonds. The molecule has 14 heteroatoms. The maximum absolute atomic E-state index is 13.3. The van der Waals surface area contributed by atoms with Gasteiger partial charge in [-0.2, -0.15) is 0 Å². The van der Waals surface area contributed by atoms with Crippen molar-refractivity contribution in [2.75, 3.05) is 19.8 Å². The molecule has 0 aromatic carbocycles. The molecule has 0 radical (unpaired) electrons. The van der Waals surface area contributed by atoms with Gasteiger partial charge in [0.25, 0.3) is 0 Å². The number of amides is 1. The molecule has 9 N–H and O–H groups in total. The molecule has 12 atom stereocenters. The van der Waals surface area contributed by atoms with Crippen LogP contribution >= 0.6 is 0 Å². The van der Waals surface area contributed by atoms with Crippen molar-refractivity contribution in [1.29, 1.82) is 0 Å². The molecule has 2 saturated heterocycles. The SMILES string of the molecule is CCCCCC/C=C\C/C=C\CCCCCCCCCC(=O)NC(COC1OC(CO)C(OC2OC(CO)C(O)C(O)C2O)C(O)C1O)C(O)CCCCCCCCCCCCCCCCCCCCCCCCCCCC. The van der Waals surface area contributed by atoms with Crippen LogP contribution in [0, 0.1) is 0 Å². The van der Waals surface area contributed by atoms with Crippen molar-refractivity contribution >= 4 is 5.91 Å². The van der Waals surface area contributed by atoms with Crippen LogP contribution in [-0.2, 0) is 23.7 Å². The molecule has 0 aliphatic carbocycles. The number of aliphatic hydroxyl groups is 8. The fourth-order valence-electron chi connectivity index (χ4n) is 10.9. The second-order valence-electron chi connectivity index (χ2n) is 23.2. The highest BCUT2D eigenvalue weighted by Gasteiger charge is 2.51. The highest BCUT2D eigenvalue weighted by molar-refractivity contribution is 5.76. The number of ether oxygens (including phenoxy) is 4. The average molecular weight is 1110 g/mol. The van der Waals surface area contributed by atoms with Crippen molar-refractivity contribution in [2.45, 2.75) is 357 Å². The van der Waals surface area contributed by atoms with Gasteiger partial charge in [-0.25, -0.2) is 0 Å². The minimum absolute atomic E-state index is 0.211. The molecule has 14 nitrogen and oxygen atoms in total. The largest absolute Gasteiger partial charge is 0.394 e. The van der Waals surface area contributed by atoms with Gasteiger partial charge in [0, 0.05) is 6.42 Å². The van der Waals surface area contributed by atoms with Crippen molar-refractivity contribution in [2.24, 2.45) is 0 Å². The Balaban J connectivity index is 1.70. The van der Waals surface area contributed by atoms with Gasteiger partial charge in [0.2, 0.25) is 5.91 Å². The summed E-state index contributed by atoms with van der Waals surface area (Å²) in [5, 5.41) is 87.4. The lowest BCUT2D eigenvalue weighted by atomic mass is 9.97. The molecule has 0 aromatic heterocycles. The molecule has 0 spiro atoms. The van der Waals surface area contributed by atoms with E-state index in [1.807, 2.05) is 0 Å². The fourth-order valence-corrected chi connectivity index (χ4v) is 10.9. The van der Waals surface area contributed by atoms with E-state index in [-0.39, 0.29) is 12.5 Å². The van der Waals surface area contributed by atoms with E-state index in [1.165, 1.54) is 193 Å². The Kier molecular flexibility index (Phi) is 46.5. The number of aliphatic hydroxyl groups excluding tert-OH is 8. The number of unbranched alkanes of at least 4 members (excludes halogenated alkanes) is 36. The van der Waals surface area contributed by atoms with Crippen LogP contribution in [0.25, 0.3) is 0 Å². The summed E-state index contributed by atoms with van der Waals surface area (Å²) in [6, 6.07) is -0.832. The molecule has 2 aliphatic rings. The molecular formula is C64H121NO13. The van der Waals surface area contributed by atoms with Gasteiger partial charge in [0.05, 0.1) is 32.0 Å². The van der Waals surface area contributed by atoms with Crippen LogP contribution in [0.3, 0.4) is 0 Å². The van der Waals surface area contributed by atoms with Crippen molar-refractivity contribution in [3.8, 4) is 0 Å². The molecule has 2 aliphatic heterocycles. The monoisotopic (exact) mass is 1110 g/mol. The minimum atomic E-state index is -1.78. The third kappa shape index (κ3) is 34.8. The average Bonchev–Trinajstić information content (AvgIpc) is 3.48. The zero-order valence-electron chi connectivity index (χ0n) is 49.7. The Labute approximate surface area is 475 Å². The summed E-state index contributed by atoms with van der Waals surface area (Å²) in [5.41, 5.74) is 0. The molecular weight excluding hydrogens is 991 g/mol.